The Labute approximate surface area is 127 Å². The second-order valence-corrected chi connectivity index (χ2v) is 5.67. The molecule has 0 atom stereocenters. The molecule has 0 fully saturated rings. The van der Waals surface area contributed by atoms with E-state index in [9.17, 15) is 9.59 Å². The minimum Gasteiger partial charge on any atom is -0.377 e. The van der Waals surface area contributed by atoms with Gasteiger partial charge < -0.3 is 15.5 Å². The third kappa shape index (κ3) is 4.70. The van der Waals surface area contributed by atoms with Gasteiger partial charge in [0.05, 0.1) is 0 Å². The summed E-state index contributed by atoms with van der Waals surface area (Å²) in [6, 6.07) is 5.48. The van der Waals surface area contributed by atoms with Gasteiger partial charge in [-0.05, 0) is 30.7 Å². The van der Waals surface area contributed by atoms with Crippen molar-refractivity contribution in [1.82, 2.24) is 5.32 Å². The number of hydrogen-bond acceptors (Lipinski definition) is 3. The number of nitrogens with zero attached hydrogens (tertiary/aromatic N) is 1. The van der Waals surface area contributed by atoms with Gasteiger partial charge in [0.2, 0.25) is 0 Å². The van der Waals surface area contributed by atoms with E-state index in [1.165, 1.54) is 0 Å². The van der Waals surface area contributed by atoms with Crippen LogP contribution in [-0.4, -0.2) is 32.5 Å². The van der Waals surface area contributed by atoms with Crippen LogP contribution in [0.25, 0.3) is 0 Å². The molecule has 2 amide bonds. The minimum absolute atomic E-state index is 0.213. The molecule has 5 nitrogen and oxygen atoms in total. The largest absolute Gasteiger partial charge is 0.377 e. The van der Waals surface area contributed by atoms with E-state index in [4.69, 9.17) is 0 Å². The Morgan fingerprint density at radius 3 is 2.45 bits per heavy atom. The van der Waals surface area contributed by atoms with Gasteiger partial charge in [0.25, 0.3) is 0 Å². The van der Waals surface area contributed by atoms with Crippen LogP contribution in [0.5, 0.6) is 0 Å². The molecule has 0 unspecified atom stereocenters. The van der Waals surface area contributed by atoms with E-state index in [2.05, 4.69) is 33.1 Å². The van der Waals surface area contributed by atoms with Crippen LogP contribution in [0.1, 0.15) is 5.56 Å². The summed E-state index contributed by atoms with van der Waals surface area (Å²) in [4.78, 5) is 25.2. The van der Waals surface area contributed by atoms with E-state index in [-0.39, 0.29) is 6.54 Å². The van der Waals surface area contributed by atoms with Crippen molar-refractivity contribution in [3.05, 3.63) is 34.8 Å². The van der Waals surface area contributed by atoms with Gasteiger partial charge in [0, 0.05) is 36.5 Å². The molecule has 1 aromatic carbocycles. The van der Waals surface area contributed by atoms with Crippen molar-refractivity contribution in [2.75, 3.05) is 30.9 Å². The topological polar surface area (TPSA) is 61.4 Å². The number of rotatable bonds is 4. The maximum atomic E-state index is 11.7. The number of hydrogen-bond donors (Lipinski definition) is 2. The third-order valence-corrected chi connectivity index (χ3v) is 2.86. The minimum atomic E-state index is -0.698. The van der Waals surface area contributed by atoms with Crippen LogP contribution in [0.2, 0.25) is 0 Å². The standard InChI is InChI=1S/C14H18BrN3O2/c1-9-7-11(5-6-12(9)18(3)4)17-14(20)13(19)16-8-10(2)15/h5-7H,2,8H2,1,3-4H3,(H,16,19)(H,17,20). The molecule has 0 heterocycles. The molecule has 0 aromatic heterocycles. The lowest BCUT2D eigenvalue weighted by Gasteiger charge is -2.16. The fraction of sp³-hybridized carbons (Fsp3) is 0.286. The van der Waals surface area contributed by atoms with Gasteiger partial charge in [-0.15, -0.1) is 0 Å². The Morgan fingerprint density at radius 1 is 1.30 bits per heavy atom. The molecule has 0 aliphatic rings. The van der Waals surface area contributed by atoms with Gasteiger partial charge in [0.15, 0.2) is 0 Å². The highest BCUT2D eigenvalue weighted by Gasteiger charge is 2.13. The average Bonchev–Trinajstić information content (AvgIpc) is 2.35. The Hall–Kier alpha value is -1.82. The van der Waals surface area contributed by atoms with Gasteiger partial charge in [-0.2, -0.15) is 0 Å². The van der Waals surface area contributed by atoms with E-state index < -0.39 is 11.8 Å². The monoisotopic (exact) mass is 339 g/mol. The summed E-state index contributed by atoms with van der Waals surface area (Å²) in [7, 11) is 3.89. The fourth-order valence-electron chi connectivity index (χ4n) is 1.68. The quantitative estimate of drug-likeness (QED) is 0.825. The first-order chi connectivity index (χ1) is 9.31. The number of anilines is 2. The van der Waals surface area contributed by atoms with Gasteiger partial charge in [-0.1, -0.05) is 22.5 Å². The summed E-state index contributed by atoms with van der Waals surface area (Å²) in [5.41, 5.74) is 2.66. The summed E-state index contributed by atoms with van der Waals surface area (Å²) in [6.07, 6.45) is 0. The van der Waals surface area contributed by atoms with Crippen molar-refractivity contribution in [2.24, 2.45) is 0 Å². The first-order valence-electron chi connectivity index (χ1n) is 6.01. The van der Waals surface area contributed by atoms with Crippen molar-refractivity contribution in [3.63, 3.8) is 0 Å². The molecule has 1 rings (SSSR count). The van der Waals surface area contributed by atoms with E-state index >= 15 is 0 Å². The highest BCUT2D eigenvalue weighted by molar-refractivity contribution is 9.11. The van der Waals surface area contributed by atoms with Gasteiger partial charge in [-0.3, -0.25) is 9.59 Å². The molecule has 0 radical (unpaired) electrons. The predicted molar refractivity (Wildman–Crippen MR) is 85.2 cm³/mol. The molecule has 0 aliphatic heterocycles. The Morgan fingerprint density at radius 2 is 1.95 bits per heavy atom. The van der Waals surface area contributed by atoms with Crippen molar-refractivity contribution in [2.45, 2.75) is 6.92 Å². The average molecular weight is 340 g/mol. The second kappa shape index (κ2) is 7.09. The fourth-order valence-corrected chi connectivity index (χ4v) is 1.82. The molecule has 6 heteroatoms. The van der Waals surface area contributed by atoms with E-state index in [1.54, 1.807) is 6.07 Å². The van der Waals surface area contributed by atoms with E-state index in [0.717, 1.165) is 11.3 Å². The molecule has 0 aliphatic carbocycles. The molecule has 0 saturated heterocycles. The zero-order chi connectivity index (χ0) is 15.3. The van der Waals surface area contributed by atoms with Gasteiger partial charge in [0.1, 0.15) is 0 Å². The molecule has 0 bridgehead atoms. The molecule has 0 saturated carbocycles. The van der Waals surface area contributed by atoms with Crippen LogP contribution < -0.4 is 15.5 Å². The summed E-state index contributed by atoms with van der Waals surface area (Å²) < 4.78 is 0.602. The van der Waals surface area contributed by atoms with Crippen LogP contribution in [-0.2, 0) is 9.59 Å². The normalized spacial score (nSPS) is 9.80. The Bertz CT molecular complexity index is 541. The molecule has 1 aromatic rings. The summed E-state index contributed by atoms with van der Waals surface area (Å²) in [5.74, 6) is -1.39. The number of nitrogens with one attached hydrogen (secondary N) is 2. The van der Waals surface area contributed by atoms with Crippen molar-refractivity contribution < 1.29 is 9.59 Å². The van der Waals surface area contributed by atoms with Crippen molar-refractivity contribution in [3.8, 4) is 0 Å². The molecular formula is C14H18BrN3O2. The number of halogens is 1. The first kappa shape index (κ1) is 16.2. The smallest absolute Gasteiger partial charge is 0.313 e. The van der Waals surface area contributed by atoms with Gasteiger partial charge >= 0.3 is 11.8 Å². The van der Waals surface area contributed by atoms with Crippen LogP contribution in [0.3, 0.4) is 0 Å². The maximum Gasteiger partial charge on any atom is 0.313 e. The lowest BCUT2D eigenvalue weighted by molar-refractivity contribution is -0.136. The SMILES string of the molecule is C=C(Br)CNC(=O)C(=O)Nc1ccc(N(C)C)c(C)c1. The Balaban J connectivity index is 2.69. The van der Waals surface area contributed by atoms with Crippen LogP contribution >= 0.6 is 15.9 Å². The summed E-state index contributed by atoms with van der Waals surface area (Å²) in [6.45, 7) is 5.73. The van der Waals surface area contributed by atoms with E-state index in [0.29, 0.717) is 10.2 Å². The maximum absolute atomic E-state index is 11.7. The highest BCUT2D eigenvalue weighted by Crippen LogP contribution is 2.21. The van der Waals surface area contributed by atoms with Crippen LogP contribution in [0.4, 0.5) is 11.4 Å². The highest BCUT2D eigenvalue weighted by atomic mass is 79.9. The lowest BCUT2D eigenvalue weighted by atomic mass is 10.1. The number of benzene rings is 1. The Kier molecular flexibility index (Phi) is 5.76. The first-order valence-corrected chi connectivity index (χ1v) is 6.81. The second-order valence-electron chi connectivity index (χ2n) is 4.55. The molecule has 0 spiro atoms. The number of carbonyl (C=O) groups is 2. The van der Waals surface area contributed by atoms with Crippen molar-refractivity contribution in [1.29, 1.82) is 0 Å². The summed E-state index contributed by atoms with van der Waals surface area (Å²) >= 11 is 3.10. The number of amides is 2. The van der Waals surface area contributed by atoms with E-state index in [1.807, 2.05) is 38.1 Å². The zero-order valence-electron chi connectivity index (χ0n) is 11.8. The van der Waals surface area contributed by atoms with Crippen molar-refractivity contribution >= 4 is 39.1 Å². The van der Waals surface area contributed by atoms with Gasteiger partial charge in [-0.25, -0.2) is 0 Å². The third-order valence-electron chi connectivity index (χ3n) is 2.58. The molecule has 2 N–H and O–H groups in total. The molecule has 108 valence electrons. The number of carbonyl (C=O) groups excluding carboxylic acids is 2. The van der Waals surface area contributed by atoms with Crippen LogP contribution in [0.15, 0.2) is 29.3 Å². The molecular weight excluding hydrogens is 322 g/mol. The zero-order valence-corrected chi connectivity index (χ0v) is 13.4. The summed E-state index contributed by atoms with van der Waals surface area (Å²) in [5, 5.41) is 5.00. The van der Waals surface area contributed by atoms with Crippen LogP contribution in [0, 0.1) is 6.92 Å². The molecule has 20 heavy (non-hydrogen) atoms. The number of aryl methyl sites for hydroxylation is 1. The lowest BCUT2D eigenvalue weighted by Crippen LogP contribution is -2.35. The predicted octanol–water partition coefficient (Wildman–Crippen LogP) is 2.02.